The first-order chi connectivity index (χ1) is 10.4. The lowest BCUT2D eigenvalue weighted by Crippen LogP contribution is -2.51. The van der Waals surface area contributed by atoms with Crippen LogP contribution in [-0.2, 0) is 9.47 Å². The minimum absolute atomic E-state index is 0.246. The highest BCUT2D eigenvalue weighted by Gasteiger charge is 2.31. The van der Waals surface area contributed by atoms with Crippen molar-refractivity contribution in [2.75, 3.05) is 32.8 Å². The summed E-state index contributed by atoms with van der Waals surface area (Å²) >= 11 is 0. The highest BCUT2D eigenvalue weighted by Crippen LogP contribution is 2.28. The second-order valence-corrected chi connectivity index (χ2v) is 8.90. The number of nitrogens with zero attached hydrogens (tertiary/aromatic N) is 1. The van der Waals surface area contributed by atoms with Crippen LogP contribution in [0.3, 0.4) is 0 Å². The fraction of sp³-hybridized carbons (Fsp3) is 0.944. The van der Waals surface area contributed by atoms with Crippen molar-refractivity contribution in [1.29, 1.82) is 0 Å². The predicted molar refractivity (Wildman–Crippen MR) is 93.7 cm³/mol. The molecule has 1 N–H and O–H groups in total. The van der Waals surface area contributed by atoms with Crippen LogP contribution in [0.2, 0.25) is 0 Å². The fourth-order valence-corrected chi connectivity index (χ4v) is 2.64. The first-order valence-electron chi connectivity index (χ1n) is 8.72. The van der Waals surface area contributed by atoms with Gasteiger partial charge >= 0.3 is 6.09 Å². The molecular weight excluding hydrogens is 292 g/mol. The molecule has 0 spiro atoms. The van der Waals surface area contributed by atoms with E-state index in [1.807, 2.05) is 41.5 Å². The van der Waals surface area contributed by atoms with Crippen LogP contribution in [-0.4, -0.2) is 55.0 Å². The van der Waals surface area contributed by atoms with Gasteiger partial charge in [-0.05, 0) is 59.8 Å². The first kappa shape index (κ1) is 20.2. The van der Waals surface area contributed by atoms with Crippen molar-refractivity contribution in [3.8, 4) is 0 Å². The van der Waals surface area contributed by atoms with Crippen molar-refractivity contribution in [2.24, 2.45) is 5.41 Å². The average molecular weight is 328 g/mol. The van der Waals surface area contributed by atoms with Crippen molar-refractivity contribution >= 4 is 6.09 Å². The number of carbonyl (C=O) groups excluding carboxylic acids is 1. The molecule has 1 aliphatic rings. The van der Waals surface area contributed by atoms with Crippen molar-refractivity contribution in [3.63, 3.8) is 0 Å². The summed E-state index contributed by atoms with van der Waals surface area (Å²) in [6.07, 6.45) is 1.94. The van der Waals surface area contributed by atoms with E-state index in [0.29, 0.717) is 12.0 Å². The summed E-state index contributed by atoms with van der Waals surface area (Å²) in [5.41, 5.74) is -0.424. The highest BCUT2D eigenvalue weighted by molar-refractivity contribution is 5.69. The van der Waals surface area contributed by atoms with E-state index in [2.05, 4.69) is 12.2 Å². The molecule has 1 heterocycles. The molecule has 1 aliphatic heterocycles. The van der Waals surface area contributed by atoms with Gasteiger partial charge < -0.3 is 19.7 Å². The number of amides is 1. The van der Waals surface area contributed by atoms with Crippen LogP contribution in [0.5, 0.6) is 0 Å². The Hall–Kier alpha value is -0.810. The standard InChI is InChI=1S/C18H36N2O3/c1-16(2,3)20(15(21)23-17(4,5)6)11-10-19-14-18(7)8-12-22-13-9-18/h19H,8-14H2,1-7H3. The minimum atomic E-state index is -0.469. The number of hydrogen-bond acceptors (Lipinski definition) is 4. The molecule has 23 heavy (non-hydrogen) atoms. The predicted octanol–water partition coefficient (Wildman–Crippen LogP) is 3.43. The quantitative estimate of drug-likeness (QED) is 0.786. The number of nitrogens with one attached hydrogen (secondary N) is 1. The molecule has 1 amide bonds. The number of ether oxygens (including phenoxy) is 2. The van der Waals surface area contributed by atoms with Gasteiger partial charge in [-0.15, -0.1) is 0 Å². The van der Waals surface area contributed by atoms with Crippen LogP contribution in [0.15, 0.2) is 0 Å². The second kappa shape index (κ2) is 7.84. The number of carbonyl (C=O) groups is 1. The molecule has 0 aromatic heterocycles. The third kappa shape index (κ3) is 7.53. The Morgan fingerprint density at radius 3 is 2.22 bits per heavy atom. The van der Waals surface area contributed by atoms with Crippen LogP contribution in [0.4, 0.5) is 4.79 Å². The highest BCUT2D eigenvalue weighted by atomic mass is 16.6. The maximum Gasteiger partial charge on any atom is 0.410 e. The topological polar surface area (TPSA) is 50.8 Å². The van der Waals surface area contributed by atoms with E-state index in [4.69, 9.17) is 9.47 Å². The Bertz CT molecular complexity index is 377. The van der Waals surface area contributed by atoms with E-state index in [1.165, 1.54) is 0 Å². The summed E-state index contributed by atoms with van der Waals surface area (Å²) in [5.74, 6) is 0. The van der Waals surface area contributed by atoms with E-state index in [-0.39, 0.29) is 11.6 Å². The molecule has 0 aliphatic carbocycles. The van der Waals surface area contributed by atoms with Crippen LogP contribution in [0.25, 0.3) is 0 Å². The van der Waals surface area contributed by atoms with Crippen molar-refractivity contribution in [1.82, 2.24) is 10.2 Å². The molecular formula is C18H36N2O3. The summed E-state index contributed by atoms with van der Waals surface area (Å²) in [6.45, 7) is 18.2. The molecule has 5 nitrogen and oxygen atoms in total. The molecule has 0 aromatic rings. The molecule has 1 rings (SSSR count). The normalized spacial score (nSPS) is 18.6. The van der Waals surface area contributed by atoms with Crippen molar-refractivity contribution < 1.29 is 14.3 Å². The van der Waals surface area contributed by atoms with Crippen LogP contribution < -0.4 is 5.32 Å². The molecule has 0 aromatic carbocycles. The molecule has 5 heteroatoms. The van der Waals surface area contributed by atoms with Crippen LogP contribution in [0, 0.1) is 5.41 Å². The Morgan fingerprint density at radius 1 is 1.17 bits per heavy atom. The Kier molecular flexibility index (Phi) is 6.90. The zero-order valence-corrected chi connectivity index (χ0v) is 16.1. The average Bonchev–Trinajstić information content (AvgIpc) is 2.35. The van der Waals surface area contributed by atoms with E-state index < -0.39 is 5.60 Å². The molecule has 1 saturated heterocycles. The van der Waals surface area contributed by atoms with Gasteiger partial charge in [0, 0.05) is 38.4 Å². The number of rotatable bonds is 5. The summed E-state index contributed by atoms with van der Waals surface area (Å²) < 4.78 is 11.0. The van der Waals surface area contributed by atoms with Gasteiger partial charge in [0.05, 0.1) is 0 Å². The lowest BCUT2D eigenvalue weighted by atomic mass is 9.82. The molecule has 0 bridgehead atoms. The van der Waals surface area contributed by atoms with E-state index in [0.717, 1.165) is 39.1 Å². The third-order valence-electron chi connectivity index (χ3n) is 4.19. The zero-order chi connectivity index (χ0) is 17.7. The van der Waals surface area contributed by atoms with Crippen molar-refractivity contribution in [2.45, 2.75) is 72.4 Å². The third-order valence-corrected chi connectivity index (χ3v) is 4.19. The molecule has 1 fully saturated rings. The Morgan fingerprint density at radius 2 is 1.74 bits per heavy atom. The van der Waals surface area contributed by atoms with Gasteiger partial charge in [0.25, 0.3) is 0 Å². The van der Waals surface area contributed by atoms with Crippen molar-refractivity contribution in [3.05, 3.63) is 0 Å². The monoisotopic (exact) mass is 328 g/mol. The van der Waals surface area contributed by atoms with Gasteiger partial charge in [-0.25, -0.2) is 4.79 Å². The second-order valence-electron chi connectivity index (χ2n) is 8.90. The smallest absolute Gasteiger partial charge is 0.410 e. The van der Waals surface area contributed by atoms with Gasteiger partial charge in [0.15, 0.2) is 0 Å². The zero-order valence-electron chi connectivity index (χ0n) is 16.1. The van der Waals surface area contributed by atoms with Gasteiger partial charge in [-0.1, -0.05) is 6.92 Å². The summed E-state index contributed by atoms with van der Waals surface area (Å²) in [4.78, 5) is 14.2. The molecule has 0 unspecified atom stereocenters. The van der Waals surface area contributed by atoms with E-state index in [1.54, 1.807) is 4.90 Å². The largest absolute Gasteiger partial charge is 0.444 e. The number of hydrogen-bond donors (Lipinski definition) is 1. The van der Waals surface area contributed by atoms with E-state index >= 15 is 0 Å². The Balaban J connectivity index is 2.47. The first-order valence-corrected chi connectivity index (χ1v) is 8.72. The summed E-state index contributed by atoms with van der Waals surface area (Å²) in [7, 11) is 0. The van der Waals surface area contributed by atoms with Crippen LogP contribution in [0.1, 0.15) is 61.3 Å². The summed E-state index contributed by atoms with van der Waals surface area (Å²) in [5, 5.41) is 3.51. The van der Waals surface area contributed by atoms with E-state index in [9.17, 15) is 4.79 Å². The van der Waals surface area contributed by atoms with Crippen LogP contribution >= 0.6 is 0 Å². The maximum atomic E-state index is 12.4. The maximum absolute atomic E-state index is 12.4. The van der Waals surface area contributed by atoms with Gasteiger partial charge in [0.2, 0.25) is 0 Å². The van der Waals surface area contributed by atoms with Gasteiger partial charge in [-0.3, -0.25) is 0 Å². The lowest BCUT2D eigenvalue weighted by molar-refractivity contribution is 0.00560. The fourth-order valence-electron chi connectivity index (χ4n) is 2.64. The molecule has 0 radical (unpaired) electrons. The molecule has 0 saturated carbocycles. The lowest BCUT2D eigenvalue weighted by Gasteiger charge is -2.37. The minimum Gasteiger partial charge on any atom is -0.444 e. The SMILES string of the molecule is CC1(CNCCN(C(=O)OC(C)(C)C)C(C)(C)C)CCOCC1. The molecule has 136 valence electrons. The van der Waals surface area contributed by atoms with Gasteiger partial charge in [-0.2, -0.15) is 0 Å². The Labute approximate surface area is 142 Å². The summed E-state index contributed by atoms with van der Waals surface area (Å²) in [6, 6.07) is 0. The van der Waals surface area contributed by atoms with Gasteiger partial charge in [0.1, 0.15) is 5.60 Å². The molecule has 0 atom stereocenters.